The Morgan fingerprint density at radius 3 is 2.05 bits per heavy atom. The molecule has 3 unspecified atom stereocenters. The lowest BCUT2D eigenvalue weighted by Gasteiger charge is -2.38. The lowest BCUT2D eigenvalue weighted by Crippen LogP contribution is -2.53. The molecular formula is C17H26N2O2S. The molecule has 3 atom stereocenters. The quantitative estimate of drug-likeness (QED) is 0.853. The van der Waals surface area contributed by atoms with Crippen molar-refractivity contribution in [1.29, 1.82) is 0 Å². The molecule has 0 aliphatic carbocycles. The number of hydrogen-bond acceptors (Lipinski definition) is 4. The van der Waals surface area contributed by atoms with Crippen LogP contribution in [0.5, 0.6) is 0 Å². The predicted octanol–water partition coefficient (Wildman–Crippen LogP) is 2.28. The van der Waals surface area contributed by atoms with Gasteiger partial charge in [-0.25, -0.2) is 8.42 Å². The fourth-order valence-corrected chi connectivity index (χ4v) is 5.43. The van der Waals surface area contributed by atoms with Crippen molar-refractivity contribution in [3.63, 3.8) is 0 Å². The normalized spacial score (nSPS) is 27.7. The van der Waals surface area contributed by atoms with Crippen LogP contribution in [0.4, 0.5) is 0 Å². The first-order chi connectivity index (χ1) is 10.3. The van der Waals surface area contributed by atoms with E-state index in [-0.39, 0.29) is 0 Å². The predicted molar refractivity (Wildman–Crippen MR) is 88.6 cm³/mol. The molecule has 122 valence electrons. The van der Waals surface area contributed by atoms with E-state index < -0.39 is 15.2 Å². The van der Waals surface area contributed by atoms with Crippen LogP contribution in [0.25, 0.3) is 0 Å². The lowest BCUT2D eigenvalue weighted by molar-refractivity contribution is 0.0987. The Morgan fingerprint density at radius 1 is 1.00 bits per heavy atom. The van der Waals surface area contributed by atoms with E-state index in [1.54, 1.807) is 12.1 Å². The van der Waals surface area contributed by atoms with Gasteiger partial charge in [-0.1, -0.05) is 17.7 Å². The zero-order valence-corrected chi connectivity index (χ0v) is 14.7. The molecule has 2 aliphatic rings. The van der Waals surface area contributed by atoms with E-state index in [1.807, 2.05) is 26.0 Å². The average molecular weight is 322 g/mol. The second-order valence-electron chi connectivity index (χ2n) is 6.99. The number of sulfone groups is 1. The van der Waals surface area contributed by atoms with Crippen LogP contribution in [0.15, 0.2) is 29.2 Å². The van der Waals surface area contributed by atoms with Crippen molar-refractivity contribution in [2.75, 3.05) is 13.1 Å². The summed E-state index contributed by atoms with van der Waals surface area (Å²) in [6.07, 6.45) is 1.10. The molecule has 5 heteroatoms. The van der Waals surface area contributed by atoms with E-state index in [1.165, 1.54) is 0 Å². The number of fused-ring (bicyclic) bond motifs is 2. The summed E-state index contributed by atoms with van der Waals surface area (Å²) >= 11 is 0. The van der Waals surface area contributed by atoms with Gasteiger partial charge in [0.1, 0.15) is 5.37 Å². The van der Waals surface area contributed by atoms with E-state index >= 15 is 0 Å². The van der Waals surface area contributed by atoms with Gasteiger partial charge in [-0.2, -0.15) is 0 Å². The summed E-state index contributed by atoms with van der Waals surface area (Å²) in [5.41, 5.74) is 1.08. The second kappa shape index (κ2) is 5.62. The summed E-state index contributed by atoms with van der Waals surface area (Å²) in [5.74, 6) is 0. The molecule has 2 bridgehead atoms. The second-order valence-corrected chi connectivity index (χ2v) is 9.23. The first kappa shape index (κ1) is 16.0. The highest BCUT2D eigenvalue weighted by Gasteiger charge is 2.47. The van der Waals surface area contributed by atoms with Gasteiger partial charge in [-0.05, 0) is 46.2 Å². The first-order valence-corrected chi connectivity index (χ1v) is 9.67. The minimum atomic E-state index is -3.29. The molecule has 1 aromatic carbocycles. The number of nitrogens with zero attached hydrogens (tertiary/aromatic N) is 2. The average Bonchev–Trinajstić information content (AvgIpc) is 3.06. The van der Waals surface area contributed by atoms with Gasteiger partial charge in [-0.3, -0.25) is 9.80 Å². The third-order valence-corrected chi connectivity index (χ3v) is 7.35. The summed E-state index contributed by atoms with van der Waals surface area (Å²) in [6.45, 7) is 10.1. The van der Waals surface area contributed by atoms with Crippen LogP contribution < -0.4 is 0 Å². The monoisotopic (exact) mass is 322 g/mol. The van der Waals surface area contributed by atoms with Crippen molar-refractivity contribution in [2.45, 2.75) is 62.5 Å². The molecule has 2 fully saturated rings. The van der Waals surface area contributed by atoms with Crippen molar-refractivity contribution >= 4 is 9.84 Å². The smallest absolute Gasteiger partial charge is 0.194 e. The molecule has 0 spiro atoms. The van der Waals surface area contributed by atoms with Crippen LogP contribution in [0.3, 0.4) is 0 Å². The molecule has 0 aromatic heterocycles. The molecule has 0 radical (unpaired) electrons. The minimum absolute atomic E-state index is 0.377. The maximum atomic E-state index is 12.9. The fourth-order valence-electron chi connectivity index (χ4n) is 3.91. The Kier molecular flexibility index (Phi) is 4.08. The molecule has 2 aliphatic heterocycles. The first-order valence-electron chi connectivity index (χ1n) is 8.12. The molecule has 0 amide bonds. The van der Waals surface area contributed by atoms with Crippen molar-refractivity contribution in [2.24, 2.45) is 0 Å². The molecule has 2 heterocycles. The van der Waals surface area contributed by atoms with Crippen LogP contribution in [0, 0.1) is 6.92 Å². The maximum Gasteiger partial charge on any atom is 0.194 e. The van der Waals surface area contributed by atoms with Gasteiger partial charge in [0.2, 0.25) is 0 Å². The van der Waals surface area contributed by atoms with Crippen molar-refractivity contribution in [1.82, 2.24) is 9.80 Å². The molecule has 4 nitrogen and oxygen atoms in total. The minimum Gasteiger partial charge on any atom is -0.295 e. The van der Waals surface area contributed by atoms with E-state index in [0.717, 1.165) is 25.1 Å². The summed E-state index contributed by atoms with van der Waals surface area (Å²) in [5, 5.41) is -0.445. The Bertz CT molecular complexity index is 639. The molecular weight excluding hydrogens is 296 g/mol. The molecule has 0 saturated carbocycles. The van der Waals surface area contributed by atoms with Gasteiger partial charge in [-0.15, -0.1) is 0 Å². The van der Waals surface area contributed by atoms with Gasteiger partial charge in [0.05, 0.1) is 4.90 Å². The van der Waals surface area contributed by atoms with Crippen molar-refractivity contribution < 1.29 is 8.42 Å². The largest absolute Gasteiger partial charge is 0.295 e. The van der Waals surface area contributed by atoms with E-state index in [2.05, 4.69) is 23.6 Å². The third kappa shape index (κ3) is 2.59. The summed E-state index contributed by atoms with van der Waals surface area (Å²) in [4.78, 5) is 5.14. The van der Waals surface area contributed by atoms with Gasteiger partial charge in [0.25, 0.3) is 0 Å². The number of likely N-dealkylation sites (tertiary alicyclic amines) is 2. The Hall–Kier alpha value is -0.910. The molecule has 2 saturated heterocycles. The molecule has 3 rings (SSSR count). The topological polar surface area (TPSA) is 40.6 Å². The highest BCUT2D eigenvalue weighted by molar-refractivity contribution is 7.92. The molecule has 0 N–H and O–H groups in total. The van der Waals surface area contributed by atoms with Gasteiger partial charge in [0.15, 0.2) is 9.84 Å². The number of aryl methyl sites for hydroxylation is 1. The molecule has 22 heavy (non-hydrogen) atoms. The standard InChI is InChI=1S/C17H26N2O2S/c1-12(2)18-10-16-9-15(18)11-19(16)14(4)22(20,21)17-7-5-13(3)6-8-17/h5-8,12,14-16H,9-11H2,1-4H3. The SMILES string of the molecule is Cc1ccc(S(=O)(=O)C(C)N2CC3CC2CN3C(C)C)cc1. The fraction of sp³-hybridized carbons (Fsp3) is 0.647. The summed E-state index contributed by atoms with van der Waals surface area (Å²) in [6, 6.07) is 8.64. The van der Waals surface area contributed by atoms with Crippen LogP contribution in [0.2, 0.25) is 0 Å². The number of rotatable bonds is 4. The Morgan fingerprint density at radius 2 is 1.55 bits per heavy atom. The van der Waals surface area contributed by atoms with Crippen molar-refractivity contribution in [3.8, 4) is 0 Å². The third-order valence-electron chi connectivity index (χ3n) is 5.25. The van der Waals surface area contributed by atoms with E-state index in [9.17, 15) is 8.42 Å². The van der Waals surface area contributed by atoms with Crippen LogP contribution in [-0.2, 0) is 9.84 Å². The Balaban J connectivity index is 1.78. The van der Waals surface area contributed by atoms with Gasteiger partial charge in [0, 0.05) is 31.2 Å². The van der Waals surface area contributed by atoms with E-state index in [4.69, 9.17) is 0 Å². The number of piperazine rings is 1. The number of benzene rings is 1. The zero-order chi connectivity index (χ0) is 16.1. The summed E-state index contributed by atoms with van der Waals surface area (Å²) < 4.78 is 25.7. The van der Waals surface area contributed by atoms with Gasteiger partial charge >= 0.3 is 0 Å². The maximum absolute atomic E-state index is 12.9. The lowest BCUT2D eigenvalue weighted by atomic mass is 10.2. The van der Waals surface area contributed by atoms with E-state index in [0.29, 0.717) is 23.0 Å². The van der Waals surface area contributed by atoms with Crippen LogP contribution >= 0.6 is 0 Å². The highest BCUT2D eigenvalue weighted by atomic mass is 32.2. The van der Waals surface area contributed by atoms with Crippen LogP contribution in [0.1, 0.15) is 32.8 Å². The molecule has 1 aromatic rings. The zero-order valence-electron chi connectivity index (χ0n) is 13.9. The van der Waals surface area contributed by atoms with Crippen molar-refractivity contribution in [3.05, 3.63) is 29.8 Å². The summed E-state index contributed by atoms with van der Waals surface area (Å²) in [7, 11) is -3.29. The van der Waals surface area contributed by atoms with Crippen LogP contribution in [-0.4, -0.2) is 54.8 Å². The number of hydrogen-bond donors (Lipinski definition) is 0. The highest BCUT2D eigenvalue weighted by Crippen LogP contribution is 2.35. The Labute approximate surface area is 134 Å². The van der Waals surface area contributed by atoms with Gasteiger partial charge < -0.3 is 0 Å².